The van der Waals surface area contributed by atoms with E-state index < -0.39 is 16.0 Å². The lowest BCUT2D eigenvalue weighted by molar-refractivity contribution is 0.0483. The van der Waals surface area contributed by atoms with Crippen molar-refractivity contribution in [3.05, 3.63) is 17.9 Å². The van der Waals surface area contributed by atoms with Crippen LogP contribution in [0.1, 0.15) is 36.7 Å². The molecule has 2 aliphatic heterocycles. The first-order valence-electron chi connectivity index (χ1n) is 7.54. The van der Waals surface area contributed by atoms with Crippen LogP contribution in [0, 0.1) is 0 Å². The van der Waals surface area contributed by atoms with Crippen molar-refractivity contribution in [2.24, 2.45) is 0 Å². The fraction of sp³-hybridized carbons (Fsp3) is 0.643. The van der Waals surface area contributed by atoms with E-state index in [0.29, 0.717) is 19.1 Å². The number of ether oxygens (including phenoxy) is 1. The van der Waals surface area contributed by atoms with Crippen LogP contribution in [-0.2, 0) is 14.8 Å². The van der Waals surface area contributed by atoms with Gasteiger partial charge in [-0.3, -0.25) is 0 Å². The first-order chi connectivity index (χ1) is 10.5. The molecule has 3 rings (SSSR count). The quantitative estimate of drug-likeness (QED) is 0.829. The third kappa shape index (κ3) is 2.90. The number of carbonyl (C=O) groups excluding carboxylic acids is 1. The highest BCUT2D eigenvalue weighted by Crippen LogP contribution is 2.26. The molecule has 1 N–H and O–H groups in total. The summed E-state index contributed by atoms with van der Waals surface area (Å²) in [6.07, 6.45) is 2.89. The zero-order valence-electron chi connectivity index (χ0n) is 12.4. The molecule has 2 unspecified atom stereocenters. The Balaban J connectivity index is 1.79. The number of furan rings is 1. The maximum Gasteiger partial charge on any atom is 0.374 e. The number of rotatable bonds is 4. The molecule has 2 atom stereocenters. The maximum atomic E-state index is 12.7. The van der Waals surface area contributed by atoms with Crippen LogP contribution in [0.25, 0.3) is 0 Å². The van der Waals surface area contributed by atoms with Crippen LogP contribution in [0.2, 0.25) is 0 Å². The van der Waals surface area contributed by atoms with E-state index in [0.717, 1.165) is 19.3 Å². The molecule has 0 radical (unpaired) electrons. The Hall–Kier alpha value is -1.38. The molecule has 1 aromatic rings. The second-order valence-corrected chi connectivity index (χ2v) is 7.50. The molecule has 2 fully saturated rings. The van der Waals surface area contributed by atoms with Gasteiger partial charge in [-0.15, -0.1) is 0 Å². The lowest BCUT2D eigenvalue weighted by atomic mass is 10.1. The van der Waals surface area contributed by atoms with Gasteiger partial charge in [0, 0.05) is 25.2 Å². The van der Waals surface area contributed by atoms with Crippen LogP contribution in [0.4, 0.5) is 0 Å². The number of carbonyl (C=O) groups is 1. The summed E-state index contributed by atoms with van der Waals surface area (Å²) in [5, 5.41) is 3.24. The molecule has 0 aromatic carbocycles. The van der Waals surface area contributed by atoms with E-state index in [1.54, 1.807) is 6.92 Å². The Morgan fingerprint density at radius 2 is 2.14 bits per heavy atom. The molecule has 0 spiro atoms. The van der Waals surface area contributed by atoms with Gasteiger partial charge in [-0.05, 0) is 38.3 Å². The molecular formula is C14H20N2O5S. The number of nitrogens with zero attached hydrogens (tertiary/aromatic N) is 1. The Kier molecular flexibility index (Phi) is 4.24. The Morgan fingerprint density at radius 3 is 2.91 bits per heavy atom. The van der Waals surface area contributed by atoms with Crippen LogP contribution in [0.15, 0.2) is 21.6 Å². The average molecular weight is 328 g/mol. The molecule has 1 aromatic heterocycles. The maximum absolute atomic E-state index is 12.7. The highest BCUT2D eigenvalue weighted by molar-refractivity contribution is 7.89. The van der Waals surface area contributed by atoms with Gasteiger partial charge in [0.25, 0.3) is 10.0 Å². The summed E-state index contributed by atoms with van der Waals surface area (Å²) in [4.78, 5) is 11.6. The van der Waals surface area contributed by atoms with Crippen LogP contribution in [-0.4, -0.2) is 50.5 Å². The highest BCUT2D eigenvalue weighted by atomic mass is 32.2. The second-order valence-electron chi connectivity index (χ2n) is 5.63. The summed E-state index contributed by atoms with van der Waals surface area (Å²) in [6.45, 7) is 2.79. The number of esters is 1. The lowest BCUT2D eigenvalue weighted by Crippen LogP contribution is -2.38. The summed E-state index contributed by atoms with van der Waals surface area (Å²) in [5.74, 6) is -0.740. The van der Waals surface area contributed by atoms with Gasteiger partial charge in [-0.2, -0.15) is 4.31 Å². The van der Waals surface area contributed by atoms with Gasteiger partial charge in [0.15, 0.2) is 0 Å². The molecule has 0 aliphatic carbocycles. The van der Waals surface area contributed by atoms with E-state index in [-0.39, 0.29) is 23.5 Å². The van der Waals surface area contributed by atoms with Crippen molar-refractivity contribution in [1.82, 2.24) is 9.62 Å². The van der Waals surface area contributed by atoms with E-state index in [9.17, 15) is 13.2 Å². The highest BCUT2D eigenvalue weighted by Gasteiger charge is 2.36. The van der Waals surface area contributed by atoms with Gasteiger partial charge in [0.05, 0.1) is 6.61 Å². The molecular weight excluding hydrogens is 308 g/mol. The van der Waals surface area contributed by atoms with Crippen molar-refractivity contribution in [2.45, 2.75) is 43.4 Å². The fourth-order valence-electron chi connectivity index (χ4n) is 3.03. The minimum absolute atomic E-state index is 0.0881. The number of fused-ring (bicyclic) bond motifs is 2. The van der Waals surface area contributed by atoms with Crippen molar-refractivity contribution < 1.29 is 22.4 Å². The summed E-state index contributed by atoms with van der Waals surface area (Å²) in [6, 6.07) is 3.25. The molecule has 7 nitrogen and oxygen atoms in total. The molecule has 3 heterocycles. The molecule has 22 heavy (non-hydrogen) atoms. The lowest BCUT2D eigenvalue weighted by Gasteiger charge is -2.22. The molecule has 0 amide bonds. The van der Waals surface area contributed by atoms with Crippen molar-refractivity contribution >= 4 is 16.0 Å². The van der Waals surface area contributed by atoms with E-state index >= 15 is 0 Å². The normalized spacial score (nSPS) is 25.9. The van der Waals surface area contributed by atoms with Gasteiger partial charge in [-0.1, -0.05) is 0 Å². The monoisotopic (exact) mass is 328 g/mol. The number of nitrogens with one attached hydrogen (secondary N) is 1. The molecule has 0 saturated carbocycles. The van der Waals surface area contributed by atoms with Crippen molar-refractivity contribution in [3.8, 4) is 0 Å². The van der Waals surface area contributed by atoms with Crippen molar-refractivity contribution in [3.63, 3.8) is 0 Å². The molecule has 2 aliphatic rings. The van der Waals surface area contributed by atoms with E-state index in [2.05, 4.69) is 5.32 Å². The predicted molar refractivity (Wildman–Crippen MR) is 78.0 cm³/mol. The summed E-state index contributed by atoms with van der Waals surface area (Å²) in [5.41, 5.74) is 0. The van der Waals surface area contributed by atoms with Crippen LogP contribution in [0.5, 0.6) is 0 Å². The number of sulfonamides is 1. The minimum Gasteiger partial charge on any atom is -0.460 e. The summed E-state index contributed by atoms with van der Waals surface area (Å²) < 4.78 is 36.8. The molecule has 2 bridgehead atoms. The molecule has 122 valence electrons. The Morgan fingerprint density at radius 1 is 1.36 bits per heavy atom. The smallest absolute Gasteiger partial charge is 0.374 e. The standard InChI is InChI=1S/C14H20N2O5S/c1-2-20-14(17)12-5-6-13(21-12)22(18,19)16-8-7-10-3-4-11(9-16)15-10/h5-6,10-11,15H,2-4,7-9H2,1H3. The zero-order chi connectivity index (χ0) is 15.7. The Labute approximate surface area is 129 Å². The van der Waals surface area contributed by atoms with E-state index in [1.165, 1.54) is 16.4 Å². The minimum atomic E-state index is -3.72. The van der Waals surface area contributed by atoms with Crippen LogP contribution in [0.3, 0.4) is 0 Å². The second kappa shape index (κ2) is 6.02. The van der Waals surface area contributed by atoms with Gasteiger partial charge < -0.3 is 14.5 Å². The van der Waals surface area contributed by atoms with E-state index in [1.807, 2.05) is 0 Å². The van der Waals surface area contributed by atoms with Crippen LogP contribution < -0.4 is 5.32 Å². The zero-order valence-corrected chi connectivity index (χ0v) is 13.3. The van der Waals surface area contributed by atoms with Crippen LogP contribution >= 0.6 is 0 Å². The fourth-order valence-corrected chi connectivity index (χ4v) is 4.44. The molecule has 8 heteroatoms. The van der Waals surface area contributed by atoms with Crippen molar-refractivity contribution in [2.75, 3.05) is 19.7 Å². The van der Waals surface area contributed by atoms with Gasteiger partial charge in [-0.25, -0.2) is 13.2 Å². The third-order valence-electron chi connectivity index (χ3n) is 4.14. The summed E-state index contributed by atoms with van der Waals surface area (Å²) >= 11 is 0. The third-order valence-corrected chi connectivity index (χ3v) is 5.88. The Bertz CT molecular complexity index is 654. The van der Waals surface area contributed by atoms with Crippen molar-refractivity contribution in [1.29, 1.82) is 0 Å². The first kappa shape index (κ1) is 15.5. The first-order valence-corrected chi connectivity index (χ1v) is 8.98. The number of hydrogen-bond donors (Lipinski definition) is 1. The largest absolute Gasteiger partial charge is 0.460 e. The SMILES string of the molecule is CCOC(=O)c1ccc(S(=O)(=O)N2CCC3CCC(C2)N3)o1. The predicted octanol–water partition coefficient (Wildman–Crippen LogP) is 0.971. The average Bonchev–Trinajstić information content (AvgIpc) is 3.06. The number of hydrogen-bond acceptors (Lipinski definition) is 6. The summed E-state index contributed by atoms with van der Waals surface area (Å²) in [7, 11) is -3.72. The van der Waals surface area contributed by atoms with Gasteiger partial charge >= 0.3 is 5.97 Å². The van der Waals surface area contributed by atoms with Gasteiger partial charge in [0.1, 0.15) is 0 Å². The van der Waals surface area contributed by atoms with E-state index in [4.69, 9.17) is 9.15 Å². The topological polar surface area (TPSA) is 88.9 Å². The molecule has 2 saturated heterocycles. The van der Waals surface area contributed by atoms with Gasteiger partial charge in [0.2, 0.25) is 10.9 Å².